The van der Waals surface area contributed by atoms with Crippen molar-refractivity contribution in [3.05, 3.63) is 29.8 Å². The number of hydrogen-bond acceptors (Lipinski definition) is 3. The second kappa shape index (κ2) is 8.23. The van der Waals surface area contributed by atoms with Gasteiger partial charge in [-0.05, 0) is 86.9 Å². The predicted octanol–water partition coefficient (Wildman–Crippen LogP) is 5.41. The van der Waals surface area contributed by atoms with Crippen LogP contribution >= 0.6 is 0 Å². The van der Waals surface area contributed by atoms with Crippen molar-refractivity contribution in [2.24, 2.45) is 17.8 Å². The quantitative estimate of drug-likeness (QED) is 0.530. The van der Waals surface area contributed by atoms with Gasteiger partial charge in [0.2, 0.25) is 15.9 Å². The number of benzene rings is 1. The molecule has 4 aliphatic rings. The van der Waals surface area contributed by atoms with Crippen LogP contribution in [0.1, 0.15) is 70.3 Å². The fourth-order valence-corrected chi connectivity index (χ4v) is 8.02. The van der Waals surface area contributed by atoms with Crippen LogP contribution in [0.4, 0.5) is 14.5 Å². The lowest BCUT2D eigenvalue weighted by Gasteiger charge is -2.29. The lowest BCUT2D eigenvalue weighted by Crippen LogP contribution is -2.31. The van der Waals surface area contributed by atoms with E-state index in [1.165, 1.54) is 5.56 Å². The van der Waals surface area contributed by atoms with Crippen molar-refractivity contribution >= 4 is 15.7 Å². The molecule has 4 nitrogen and oxygen atoms in total. The third kappa shape index (κ3) is 4.31. The SMILES string of the molecule is CCC1(c2cccc(NS(=O)(=O)C3CC3)c2)[C@@H]2CN(CCCC3CCC(F)(F)CC3)C[C@@H]21. The predicted molar refractivity (Wildman–Crippen MR) is 124 cm³/mol. The summed E-state index contributed by atoms with van der Waals surface area (Å²) in [7, 11) is -3.24. The number of nitrogens with one attached hydrogen (secondary N) is 1. The van der Waals surface area contributed by atoms with Crippen molar-refractivity contribution in [2.75, 3.05) is 24.4 Å². The molecule has 1 heterocycles. The number of anilines is 1. The van der Waals surface area contributed by atoms with Gasteiger partial charge in [0.25, 0.3) is 0 Å². The average Bonchev–Trinajstić information content (AvgIpc) is 3.66. The Morgan fingerprint density at radius 3 is 2.41 bits per heavy atom. The molecule has 32 heavy (non-hydrogen) atoms. The monoisotopic (exact) mass is 466 g/mol. The van der Waals surface area contributed by atoms with Crippen LogP contribution in [-0.2, 0) is 15.4 Å². The first-order chi connectivity index (χ1) is 15.2. The average molecular weight is 467 g/mol. The van der Waals surface area contributed by atoms with Gasteiger partial charge < -0.3 is 4.90 Å². The zero-order valence-corrected chi connectivity index (χ0v) is 19.8. The van der Waals surface area contributed by atoms with Gasteiger partial charge in [-0.2, -0.15) is 0 Å². The van der Waals surface area contributed by atoms with Crippen LogP contribution in [0.5, 0.6) is 0 Å². The van der Waals surface area contributed by atoms with Crippen molar-refractivity contribution in [3.63, 3.8) is 0 Å². The number of rotatable bonds is 9. The number of hydrogen-bond donors (Lipinski definition) is 1. The lowest BCUT2D eigenvalue weighted by molar-refractivity contribution is -0.0468. The molecule has 1 aromatic rings. The minimum absolute atomic E-state index is 0.0699. The van der Waals surface area contributed by atoms with Crippen LogP contribution in [0.3, 0.4) is 0 Å². The first-order valence-corrected chi connectivity index (χ1v) is 14.0. The Hall–Kier alpha value is -1.21. The fraction of sp³-hybridized carbons (Fsp3) is 0.760. The van der Waals surface area contributed by atoms with E-state index >= 15 is 0 Å². The van der Waals surface area contributed by atoms with Crippen molar-refractivity contribution in [1.82, 2.24) is 4.90 Å². The molecular weight excluding hydrogens is 430 g/mol. The van der Waals surface area contributed by atoms with Crippen LogP contribution in [0, 0.1) is 17.8 Å². The maximum atomic E-state index is 13.3. The van der Waals surface area contributed by atoms with Gasteiger partial charge in [-0.3, -0.25) is 4.72 Å². The number of halogens is 2. The second-order valence-electron chi connectivity index (χ2n) is 10.7. The highest BCUT2D eigenvalue weighted by molar-refractivity contribution is 7.93. The van der Waals surface area contributed by atoms with Crippen LogP contribution in [0.2, 0.25) is 0 Å². The Labute approximate surface area is 191 Å². The third-order valence-electron chi connectivity index (χ3n) is 8.74. The van der Waals surface area contributed by atoms with E-state index in [0.717, 1.165) is 51.7 Å². The normalized spacial score (nSPS) is 32.6. The summed E-state index contributed by atoms with van der Waals surface area (Å²) < 4.78 is 54.2. The molecule has 3 aliphatic carbocycles. The summed E-state index contributed by atoms with van der Waals surface area (Å²) in [6.45, 7) is 5.52. The smallest absolute Gasteiger partial charge is 0.248 e. The molecule has 5 rings (SSSR count). The number of alkyl halides is 2. The summed E-state index contributed by atoms with van der Waals surface area (Å²) in [5.74, 6) is -0.679. The summed E-state index contributed by atoms with van der Waals surface area (Å²) in [5, 5.41) is -0.217. The summed E-state index contributed by atoms with van der Waals surface area (Å²) in [5.41, 5.74) is 2.14. The molecule has 1 aromatic carbocycles. The molecule has 1 unspecified atom stereocenters. The maximum absolute atomic E-state index is 13.3. The van der Waals surface area contributed by atoms with Gasteiger partial charge in [0.1, 0.15) is 0 Å². The first kappa shape index (κ1) is 22.6. The standard InChI is InChI=1S/C25H36F2N2O2S/c1-2-25(19-6-3-7-20(15-19)28-32(30,31)21-8-9-21)22-16-29(17-23(22)25)14-4-5-18-10-12-24(26,27)13-11-18/h3,6-7,15,18,21-23,28H,2,4-5,8-14,16-17H2,1H3/t22-,23+,25?. The van der Waals surface area contributed by atoms with Gasteiger partial charge in [0.15, 0.2) is 0 Å². The molecule has 3 atom stereocenters. The molecule has 1 aliphatic heterocycles. The van der Waals surface area contributed by atoms with E-state index in [9.17, 15) is 17.2 Å². The zero-order chi connectivity index (χ0) is 22.6. The van der Waals surface area contributed by atoms with Gasteiger partial charge in [-0.15, -0.1) is 0 Å². The number of piperidine rings is 1. The summed E-state index contributed by atoms with van der Waals surface area (Å²) >= 11 is 0. The number of fused-ring (bicyclic) bond motifs is 1. The van der Waals surface area contributed by atoms with Crippen LogP contribution in [0.15, 0.2) is 24.3 Å². The largest absolute Gasteiger partial charge is 0.303 e. The van der Waals surface area contributed by atoms with E-state index in [1.807, 2.05) is 12.1 Å². The minimum atomic E-state index is -3.24. The third-order valence-corrected chi connectivity index (χ3v) is 10.6. The Balaban J connectivity index is 1.14. The molecular formula is C25H36F2N2O2S. The minimum Gasteiger partial charge on any atom is -0.303 e. The maximum Gasteiger partial charge on any atom is 0.248 e. The molecule has 0 radical (unpaired) electrons. The molecule has 1 saturated heterocycles. The van der Waals surface area contributed by atoms with Crippen molar-refractivity contribution in [2.45, 2.75) is 81.3 Å². The van der Waals surface area contributed by atoms with Crippen molar-refractivity contribution < 1.29 is 17.2 Å². The van der Waals surface area contributed by atoms with Crippen molar-refractivity contribution in [1.29, 1.82) is 0 Å². The van der Waals surface area contributed by atoms with Crippen LogP contribution in [0.25, 0.3) is 0 Å². The number of likely N-dealkylation sites (tertiary alicyclic amines) is 1. The molecule has 0 aromatic heterocycles. The van der Waals surface area contributed by atoms with E-state index in [-0.39, 0.29) is 23.5 Å². The Bertz CT molecular complexity index is 925. The highest BCUT2D eigenvalue weighted by Gasteiger charge is 2.67. The molecule has 4 fully saturated rings. The molecule has 7 heteroatoms. The van der Waals surface area contributed by atoms with E-state index < -0.39 is 15.9 Å². The molecule has 0 spiro atoms. The van der Waals surface area contributed by atoms with E-state index in [0.29, 0.717) is 36.3 Å². The number of sulfonamides is 1. The lowest BCUT2D eigenvalue weighted by atomic mass is 9.84. The fourth-order valence-electron chi connectivity index (χ4n) is 6.65. The zero-order valence-electron chi connectivity index (χ0n) is 19.0. The van der Waals surface area contributed by atoms with Crippen LogP contribution < -0.4 is 4.72 Å². The van der Waals surface area contributed by atoms with E-state index in [4.69, 9.17) is 0 Å². The Kier molecular flexibility index (Phi) is 5.80. The van der Waals surface area contributed by atoms with E-state index in [1.54, 1.807) is 0 Å². The van der Waals surface area contributed by atoms with E-state index in [2.05, 4.69) is 28.7 Å². The molecule has 3 saturated carbocycles. The summed E-state index contributed by atoms with van der Waals surface area (Å²) in [6.07, 6.45) is 6.28. The van der Waals surface area contributed by atoms with Gasteiger partial charge in [-0.25, -0.2) is 17.2 Å². The molecule has 178 valence electrons. The van der Waals surface area contributed by atoms with Gasteiger partial charge in [-0.1, -0.05) is 19.1 Å². The highest BCUT2D eigenvalue weighted by Crippen LogP contribution is 2.65. The molecule has 0 bridgehead atoms. The Morgan fingerprint density at radius 2 is 1.78 bits per heavy atom. The summed E-state index contributed by atoms with van der Waals surface area (Å²) in [6, 6.07) is 8.07. The topological polar surface area (TPSA) is 49.4 Å². The van der Waals surface area contributed by atoms with Crippen LogP contribution in [-0.4, -0.2) is 44.1 Å². The van der Waals surface area contributed by atoms with Gasteiger partial charge in [0, 0.05) is 37.0 Å². The number of nitrogens with zero attached hydrogens (tertiary/aromatic N) is 1. The summed E-state index contributed by atoms with van der Waals surface area (Å²) in [4.78, 5) is 2.56. The highest BCUT2D eigenvalue weighted by atomic mass is 32.2. The Morgan fingerprint density at radius 1 is 1.09 bits per heavy atom. The molecule has 0 amide bonds. The molecule has 1 N–H and O–H groups in total. The first-order valence-electron chi connectivity index (χ1n) is 12.5. The van der Waals surface area contributed by atoms with Crippen molar-refractivity contribution in [3.8, 4) is 0 Å². The second-order valence-corrected chi connectivity index (χ2v) is 12.7. The van der Waals surface area contributed by atoms with Gasteiger partial charge in [0.05, 0.1) is 5.25 Å². The van der Waals surface area contributed by atoms with Gasteiger partial charge >= 0.3 is 0 Å².